The van der Waals surface area contributed by atoms with Crippen molar-refractivity contribution in [3.8, 4) is 0 Å². The summed E-state index contributed by atoms with van der Waals surface area (Å²) in [6.45, 7) is 8.13. The van der Waals surface area contributed by atoms with Crippen LogP contribution >= 0.6 is 0 Å². The Morgan fingerprint density at radius 1 is 1.33 bits per heavy atom. The van der Waals surface area contributed by atoms with Gasteiger partial charge in [-0.3, -0.25) is 0 Å². The largest absolute Gasteiger partial charge is 0.317 e. The van der Waals surface area contributed by atoms with Gasteiger partial charge < -0.3 is 5.32 Å². The topological polar surface area (TPSA) is 58.2 Å². The van der Waals surface area contributed by atoms with Gasteiger partial charge in [-0.15, -0.1) is 0 Å². The Labute approximate surface area is 112 Å². The summed E-state index contributed by atoms with van der Waals surface area (Å²) in [5.41, 5.74) is 0.273. The number of sulfonamides is 1. The smallest absolute Gasteiger partial charge is 0.211 e. The Bertz CT molecular complexity index is 339. The highest BCUT2D eigenvalue weighted by Gasteiger charge is 2.30. The summed E-state index contributed by atoms with van der Waals surface area (Å²) in [5.74, 6) is 0.233. The van der Waals surface area contributed by atoms with Gasteiger partial charge in [-0.05, 0) is 44.2 Å². The van der Waals surface area contributed by atoms with Gasteiger partial charge in [0.1, 0.15) is 0 Å². The lowest BCUT2D eigenvalue weighted by atomic mass is 9.75. The first-order valence-electron chi connectivity index (χ1n) is 7.05. The van der Waals surface area contributed by atoms with Crippen LogP contribution < -0.4 is 10.0 Å². The average molecular weight is 276 g/mol. The molecule has 108 valence electrons. The third-order valence-corrected chi connectivity index (χ3v) is 5.09. The van der Waals surface area contributed by atoms with Crippen molar-refractivity contribution in [2.24, 2.45) is 5.41 Å². The minimum Gasteiger partial charge on any atom is -0.317 e. The highest BCUT2D eigenvalue weighted by Crippen LogP contribution is 2.35. The molecule has 0 saturated heterocycles. The van der Waals surface area contributed by atoms with E-state index in [0.717, 1.165) is 32.4 Å². The molecule has 1 aliphatic rings. The molecule has 0 aromatic carbocycles. The molecule has 4 nitrogen and oxygen atoms in total. The van der Waals surface area contributed by atoms with E-state index >= 15 is 0 Å². The average Bonchev–Trinajstić information content (AvgIpc) is 2.22. The monoisotopic (exact) mass is 276 g/mol. The minimum atomic E-state index is -3.10. The molecule has 18 heavy (non-hydrogen) atoms. The first-order chi connectivity index (χ1) is 8.35. The van der Waals surface area contributed by atoms with E-state index in [1.54, 1.807) is 0 Å². The molecular formula is C13H28N2O2S. The number of nitrogens with one attached hydrogen (secondary N) is 2. The molecule has 0 heterocycles. The Kier molecular flexibility index (Phi) is 6.08. The van der Waals surface area contributed by atoms with E-state index in [2.05, 4.69) is 23.9 Å². The molecule has 1 fully saturated rings. The molecule has 0 bridgehead atoms. The molecule has 1 aliphatic carbocycles. The molecule has 5 heteroatoms. The van der Waals surface area contributed by atoms with Crippen molar-refractivity contribution in [1.82, 2.24) is 10.0 Å². The predicted molar refractivity (Wildman–Crippen MR) is 76.1 cm³/mol. The molecule has 0 amide bonds. The summed E-state index contributed by atoms with van der Waals surface area (Å²) < 4.78 is 26.7. The van der Waals surface area contributed by atoms with Gasteiger partial charge in [0.05, 0.1) is 5.75 Å². The van der Waals surface area contributed by atoms with Crippen molar-refractivity contribution in [2.75, 3.05) is 18.8 Å². The molecule has 1 unspecified atom stereocenters. The third kappa shape index (κ3) is 6.16. The highest BCUT2D eigenvalue weighted by atomic mass is 32.2. The van der Waals surface area contributed by atoms with Crippen molar-refractivity contribution >= 4 is 10.0 Å². The molecule has 0 aliphatic heterocycles. The van der Waals surface area contributed by atoms with Crippen LogP contribution in [0, 0.1) is 5.41 Å². The molecule has 0 aromatic rings. The summed E-state index contributed by atoms with van der Waals surface area (Å²) in [6.07, 6.45) is 4.94. The zero-order valence-corrected chi connectivity index (χ0v) is 12.8. The maximum atomic E-state index is 11.9. The van der Waals surface area contributed by atoms with Gasteiger partial charge in [0.15, 0.2) is 0 Å². The van der Waals surface area contributed by atoms with Crippen LogP contribution in [0.4, 0.5) is 0 Å². The van der Waals surface area contributed by atoms with Gasteiger partial charge in [-0.25, -0.2) is 13.1 Å². The van der Waals surface area contributed by atoms with Crippen molar-refractivity contribution < 1.29 is 8.42 Å². The first kappa shape index (κ1) is 15.9. The zero-order chi connectivity index (χ0) is 13.6. The molecule has 1 saturated carbocycles. The van der Waals surface area contributed by atoms with Gasteiger partial charge in [-0.2, -0.15) is 0 Å². The Balaban J connectivity index is 2.35. The second-order valence-electron chi connectivity index (χ2n) is 6.10. The summed E-state index contributed by atoms with van der Waals surface area (Å²) in [4.78, 5) is 0. The standard InChI is InChI=1S/C13H28N2O2S/c1-4-14-9-6-10-18(16,17)15-12-7-5-8-13(2,3)11-12/h12,14-15H,4-11H2,1-3H3. The molecule has 0 spiro atoms. The molecule has 0 radical (unpaired) electrons. The van der Waals surface area contributed by atoms with Crippen molar-refractivity contribution in [3.05, 3.63) is 0 Å². The van der Waals surface area contributed by atoms with Crippen LogP contribution in [0.1, 0.15) is 52.9 Å². The highest BCUT2D eigenvalue weighted by molar-refractivity contribution is 7.89. The van der Waals surface area contributed by atoms with Crippen LogP contribution in [-0.4, -0.2) is 33.3 Å². The number of hydrogen-bond donors (Lipinski definition) is 2. The minimum absolute atomic E-state index is 0.137. The van der Waals surface area contributed by atoms with Gasteiger partial charge in [0.25, 0.3) is 0 Å². The quantitative estimate of drug-likeness (QED) is 0.698. The van der Waals surface area contributed by atoms with Gasteiger partial charge in [0, 0.05) is 6.04 Å². The van der Waals surface area contributed by atoms with Crippen molar-refractivity contribution in [1.29, 1.82) is 0 Å². The van der Waals surface area contributed by atoms with Crippen LogP contribution in [0.3, 0.4) is 0 Å². The Morgan fingerprint density at radius 3 is 2.67 bits per heavy atom. The van der Waals surface area contributed by atoms with E-state index < -0.39 is 10.0 Å². The first-order valence-corrected chi connectivity index (χ1v) is 8.70. The Morgan fingerprint density at radius 2 is 2.06 bits per heavy atom. The summed E-state index contributed by atoms with van der Waals surface area (Å²) in [5, 5.41) is 3.15. The van der Waals surface area contributed by atoms with Gasteiger partial charge >= 0.3 is 0 Å². The Hall–Kier alpha value is -0.130. The second kappa shape index (κ2) is 6.87. The van der Waals surface area contributed by atoms with E-state index in [9.17, 15) is 8.42 Å². The maximum absolute atomic E-state index is 11.9. The lowest BCUT2D eigenvalue weighted by molar-refractivity contribution is 0.212. The van der Waals surface area contributed by atoms with Gasteiger partial charge in [0.2, 0.25) is 10.0 Å². The number of rotatable bonds is 7. The maximum Gasteiger partial charge on any atom is 0.211 e. The molecule has 1 rings (SSSR count). The van der Waals surface area contributed by atoms with Crippen LogP contribution in [0.15, 0.2) is 0 Å². The van der Waals surface area contributed by atoms with Crippen LogP contribution in [-0.2, 0) is 10.0 Å². The van der Waals surface area contributed by atoms with E-state index in [0.29, 0.717) is 6.42 Å². The van der Waals surface area contributed by atoms with Crippen LogP contribution in [0.2, 0.25) is 0 Å². The molecular weight excluding hydrogens is 248 g/mol. The SMILES string of the molecule is CCNCCCS(=O)(=O)NC1CCCC(C)(C)C1. The lowest BCUT2D eigenvalue weighted by Gasteiger charge is -2.35. The summed E-state index contributed by atoms with van der Waals surface area (Å²) >= 11 is 0. The molecule has 2 N–H and O–H groups in total. The van der Waals surface area contributed by atoms with Crippen molar-refractivity contribution in [3.63, 3.8) is 0 Å². The fraction of sp³-hybridized carbons (Fsp3) is 1.00. The summed E-state index contributed by atoms with van der Waals surface area (Å²) in [7, 11) is -3.10. The second-order valence-corrected chi connectivity index (χ2v) is 7.97. The molecule has 0 aromatic heterocycles. The summed E-state index contributed by atoms with van der Waals surface area (Å²) in [6, 6.07) is 0.137. The van der Waals surface area contributed by atoms with E-state index in [-0.39, 0.29) is 17.2 Å². The van der Waals surface area contributed by atoms with Gasteiger partial charge in [-0.1, -0.05) is 27.2 Å². The van der Waals surface area contributed by atoms with Crippen LogP contribution in [0.25, 0.3) is 0 Å². The zero-order valence-electron chi connectivity index (χ0n) is 12.0. The number of hydrogen-bond acceptors (Lipinski definition) is 3. The van der Waals surface area contributed by atoms with E-state index in [1.165, 1.54) is 6.42 Å². The molecule has 1 atom stereocenters. The fourth-order valence-corrected chi connectivity index (χ4v) is 4.03. The predicted octanol–water partition coefficient (Wildman–Crippen LogP) is 1.87. The van der Waals surface area contributed by atoms with Crippen LogP contribution in [0.5, 0.6) is 0 Å². The van der Waals surface area contributed by atoms with E-state index in [4.69, 9.17) is 0 Å². The third-order valence-electron chi connectivity index (χ3n) is 3.57. The van der Waals surface area contributed by atoms with E-state index in [1.807, 2.05) is 6.92 Å². The lowest BCUT2D eigenvalue weighted by Crippen LogP contribution is -2.41. The fourth-order valence-electron chi connectivity index (χ4n) is 2.68. The van der Waals surface area contributed by atoms with Crippen molar-refractivity contribution in [2.45, 2.75) is 58.9 Å². The normalized spacial score (nSPS) is 24.1.